The molecule has 2 aliphatic rings. The Bertz CT molecular complexity index is 1520. The van der Waals surface area contributed by atoms with E-state index in [0.717, 1.165) is 22.2 Å². The lowest BCUT2D eigenvalue weighted by Crippen LogP contribution is -2.51. The fraction of sp³-hybridized carbons (Fsp3) is 0.370. The van der Waals surface area contributed by atoms with Gasteiger partial charge in [0.25, 0.3) is 5.56 Å². The zero-order valence-electron chi connectivity index (χ0n) is 21.4. The second-order valence-electron chi connectivity index (χ2n) is 9.81. The Morgan fingerprint density at radius 2 is 1.79 bits per heavy atom. The summed E-state index contributed by atoms with van der Waals surface area (Å²) in [5.74, 6) is -0.262. The summed E-state index contributed by atoms with van der Waals surface area (Å²) in [7, 11) is 1.33. The number of amides is 3. The van der Waals surface area contributed by atoms with Gasteiger partial charge in [0.05, 0.1) is 0 Å². The van der Waals surface area contributed by atoms with Gasteiger partial charge >= 0.3 is 11.7 Å². The van der Waals surface area contributed by atoms with Crippen molar-refractivity contribution in [2.45, 2.75) is 38.8 Å². The van der Waals surface area contributed by atoms with Crippen molar-refractivity contribution in [3.63, 3.8) is 0 Å². The number of aryl methyl sites for hydroxylation is 1. The molecule has 1 aromatic carbocycles. The molecule has 0 atom stereocenters. The first-order valence-electron chi connectivity index (χ1n) is 12.7. The maximum absolute atomic E-state index is 13.2. The zero-order chi connectivity index (χ0) is 27.0. The molecule has 198 valence electrons. The van der Waals surface area contributed by atoms with E-state index in [2.05, 4.69) is 5.32 Å². The number of benzene rings is 1. The first-order valence-corrected chi connectivity index (χ1v) is 12.7. The average Bonchev–Trinajstić information content (AvgIpc) is 3.09. The van der Waals surface area contributed by atoms with Crippen molar-refractivity contribution in [3.8, 4) is 11.3 Å². The Morgan fingerprint density at radius 1 is 1.05 bits per heavy atom. The number of pyridine rings is 1. The number of carbonyl (C=O) groups is 2. The second-order valence-corrected chi connectivity index (χ2v) is 9.81. The van der Waals surface area contributed by atoms with Crippen LogP contribution in [0.5, 0.6) is 0 Å². The zero-order valence-corrected chi connectivity index (χ0v) is 21.4. The molecule has 0 radical (unpaired) electrons. The quantitative estimate of drug-likeness (QED) is 0.411. The van der Waals surface area contributed by atoms with Crippen LogP contribution >= 0.6 is 0 Å². The fourth-order valence-corrected chi connectivity index (χ4v) is 5.23. The van der Waals surface area contributed by atoms with Crippen LogP contribution in [-0.4, -0.2) is 56.5 Å². The maximum atomic E-state index is 13.2. The van der Waals surface area contributed by atoms with Crippen molar-refractivity contribution in [2.75, 3.05) is 25.0 Å². The van der Waals surface area contributed by atoms with E-state index in [1.807, 2.05) is 29.2 Å². The number of aromatic nitrogens is 3. The number of anilines is 1. The molecule has 0 spiro atoms. The van der Waals surface area contributed by atoms with Gasteiger partial charge in [-0.2, -0.15) is 4.73 Å². The highest BCUT2D eigenvalue weighted by Gasteiger charge is 2.31. The topological polar surface area (TPSA) is 124 Å². The Labute approximate surface area is 219 Å². The summed E-state index contributed by atoms with van der Waals surface area (Å²) >= 11 is 0. The van der Waals surface area contributed by atoms with Crippen molar-refractivity contribution < 1.29 is 14.3 Å². The number of rotatable bonds is 4. The van der Waals surface area contributed by atoms with Gasteiger partial charge in [0.2, 0.25) is 11.6 Å². The van der Waals surface area contributed by atoms with E-state index in [1.54, 1.807) is 24.0 Å². The van der Waals surface area contributed by atoms with Gasteiger partial charge in [-0.05, 0) is 37.0 Å². The number of nitrogens with zero attached hydrogens (tertiary/aromatic N) is 5. The third-order valence-corrected chi connectivity index (χ3v) is 7.46. The van der Waals surface area contributed by atoms with Gasteiger partial charge in [-0.25, -0.2) is 9.59 Å². The van der Waals surface area contributed by atoms with Crippen molar-refractivity contribution in [2.24, 2.45) is 7.05 Å². The van der Waals surface area contributed by atoms with Crippen LogP contribution in [0.15, 0.2) is 58.3 Å². The number of hydrogen-bond acceptors (Lipinski definition) is 5. The highest BCUT2D eigenvalue weighted by Crippen LogP contribution is 2.24. The lowest BCUT2D eigenvalue weighted by atomic mass is 10.0. The van der Waals surface area contributed by atoms with E-state index in [9.17, 15) is 24.4 Å². The molecule has 0 bridgehead atoms. The van der Waals surface area contributed by atoms with Crippen LogP contribution < -0.4 is 21.3 Å². The summed E-state index contributed by atoms with van der Waals surface area (Å²) in [6.07, 6.45) is 3.30. The molecule has 4 heterocycles. The molecule has 1 N–H and O–H groups in total. The summed E-state index contributed by atoms with van der Waals surface area (Å²) in [4.78, 5) is 55.1. The number of nitrogens with one attached hydrogen (secondary N) is 1. The molecule has 0 aliphatic carbocycles. The molecule has 0 saturated carbocycles. The molecule has 3 amide bonds. The number of urea groups is 1. The summed E-state index contributed by atoms with van der Waals surface area (Å²) in [6, 6.07) is 12.5. The summed E-state index contributed by atoms with van der Waals surface area (Å²) in [5.41, 5.74) is 1.27. The van der Waals surface area contributed by atoms with Crippen LogP contribution in [0, 0.1) is 12.1 Å². The van der Waals surface area contributed by atoms with Crippen LogP contribution in [0.4, 0.5) is 10.5 Å². The Morgan fingerprint density at radius 3 is 2.55 bits per heavy atom. The molecule has 0 unspecified atom stereocenters. The van der Waals surface area contributed by atoms with Crippen LogP contribution in [0.2, 0.25) is 0 Å². The third kappa shape index (κ3) is 4.67. The lowest BCUT2D eigenvalue weighted by Gasteiger charge is -2.38. The molecule has 38 heavy (non-hydrogen) atoms. The fourth-order valence-electron chi connectivity index (χ4n) is 5.23. The third-order valence-electron chi connectivity index (χ3n) is 7.46. The molecule has 1 saturated heterocycles. The van der Waals surface area contributed by atoms with Crippen molar-refractivity contribution >= 4 is 17.6 Å². The van der Waals surface area contributed by atoms with E-state index < -0.39 is 11.2 Å². The molecular formula is C27H30N6O5. The van der Waals surface area contributed by atoms with Gasteiger partial charge < -0.3 is 20.3 Å². The van der Waals surface area contributed by atoms with Gasteiger partial charge in [-0.15, -0.1) is 0 Å². The van der Waals surface area contributed by atoms with E-state index in [-0.39, 0.29) is 35.8 Å². The number of fused-ring (bicyclic) bond motifs is 1. The predicted octanol–water partition coefficient (Wildman–Crippen LogP) is 1.24. The summed E-state index contributed by atoms with van der Waals surface area (Å²) < 4.78 is 2.72. The molecule has 5 rings (SSSR count). The van der Waals surface area contributed by atoms with Crippen LogP contribution in [-0.2, 0) is 24.8 Å². The van der Waals surface area contributed by atoms with Crippen molar-refractivity contribution in [1.29, 1.82) is 0 Å². The largest absolute Gasteiger partial charge is 0.618 e. The standard InChI is InChI=1S/C27H30N6O5/c1-18-6-5-9-23(33(18)38)21-16-31(27(37)29(2)25(21)35)17-24(34)30-13-11-20(12-14-30)32-15-10-19-7-3-4-8-22(19)28-26(32)36/h3-9,16,20H,10-15,17H2,1-2H3,(H,28,36). The number of piperidine rings is 1. The SMILES string of the molecule is Cc1cccc(-c2cn(CC(=O)N3CCC(N4CCc5ccccc5NC4=O)CC3)c(=O)n(C)c2=O)[n+]1[O-]. The Hall–Kier alpha value is -4.41. The summed E-state index contributed by atoms with van der Waals surface area (Å²) in [6.45, 7) is 2.88. The summed E-state index contributed by atoms with van der Waals surface area (Å²) in [5, 5.41) is 15.5. The highest BCUT2D eigenvalue weighted by molar-refractivity contribution is 5.91. The smallest absolute Gasteiger partial charge is 0.331 e. The normalized spacial score (nSPS) is 16.1. The molecule has 11 heteroatoms. The molecule has 1 fully saturated rings. The highest BCUT2D eigenvalue weighted by atomic mass is 16.5. The van der Waals surface area contributed by atoms with Gasteiger partial charge in [0.1, 0.15) is 12.1 Å². The van der Waals surface area contributed by atoms with Crippen LogP contribution in [0.1, 0.15) is 24.1 Å². The Balaban J connectivity index is 1.28. The number of carbonyl (C=O) groups excluding carboxylic acids is 2. The molecule has 3 aromatic rings. The van der Waals surface area contributed by atoms with Crippen LogP contribution in [0.3, 0.4) is 0 Å². The van der Waals surface area contributed by atoms with Gasteiger partial charge in [0, 0.05) is 63.7 Å². The monoisotopic (exact) mass is 518 g/mol. The Kier molecular flexibility index (Phi) is 6.75. The van der Waals surface area contributed by atoms with E-state index in [4.69, 9.17) is 0 Å². The van der Waals surface area contributed by atoms with Gasteiger partial charge in [-0.1, -0.05) is 18.2 Å². The molecule has 2 aromatic heterocycles. The minimum Gasteiger partial charge on any atom is -0.618 e. The predicted molar refractivity (Wildman–Crippen MR) is 141 cm³/mol. The molecule has 11 nitrogen and oxygen atoms in total. The van der Waals surface area contributed by atoms with E-state index in [0.29, 0.717) is 42.9 Å². The maximum Gasteiger partial charge on any atom is 0.331 e. The number of hydrogen-bond donors (Lipinski definition) is 1. The molecular weight excluding hydrogens is 488 g/mol. The second kappa shape index (κ2) is 10.2. The minimum absolute atomic E-state index is 0.00838. The first-order chi connectivity index (χ1) is 18.2. The first kappa shape index (κ1) is 25.2. The molecule has 2 aliphatic heterocycles. The van der Waals surface area contributed by atoms with Crippen molar-refractivity contribution in [1.82, 2.24) is 18.9 Å². The van der Waals surface area contributed by atoms with Crippen LogP contribution in [0.25, 0.3) is 11.3 Å². The number of likely N-dealkylation sites (tertiary alicyclic amines) is 1. The van der Waals surface area contributed by atoms with E-state index in [1.165, 1.54) is 23.9 Å². The minimum atomic E-state index is -0.632. The van der Waals surface area contributed by atoms with E-state index >= 15 is 0 Å². The average molecular weight is 519 g/mol. The van der Waals surface area contributed by atoms with Gasteiger partial charge in [-0.3, -0.25) is 18.7 Å². The lowest BCUT2D eigenvalue weighted by molar-refractivity contribution is -0.600. The number of para-hydroxylation sites is 1. The van der Waals surface area contributed by atoms with Crippen molar-refractivity contribution in [3.05, 3.63) is 86.0 Å². The van der Waals surface area contributed by atoms with Gasteiger partial charge in [0.15, 0.2) is 5.69 Å².